The van der Waals surface area contributed by atoms with Gasteiger partial charge in [0.2, 0.25) is 0 Å². The minimum Gasteiger partial charge on any atom is -0.495 e. The normalized spacial score (nSPS) is 12.3. The van der Waals surface area contributed by atoms with Crippen LogP contribution in [0, 0.1) is 33.5 Å². The molecular weight excluding hydrogens is 1910 g/mol. The number of pyridine rings is 1. The molecule has 0 radical (unpaired) electrons. The molecule has 0 spiro atoms. The number of alkyl halides is 2. The molecule has 18 rings (SSSR count). The molecule has 32 nitrogen and oxygen atoms in total. The summed E-state index contributed by atoms with van der Waals surface area (Å²) in [7, 11) is 3.28. The van der Waals surface area contributed by atoms with E-state index in [1.807, 2.05) is 104 Å². The van der Waals surface area contributed by atoms with Gasteiger partial charge in [-0.1, -0.05) is 58.8 Å². The molecule has 11 aromatic heterocycles. The van der Waals surface area contributed by atoms with Gasteiger partial charge in [-0.05, 0) is 251 Å². The number of fused-ring (bicyclic) bond motifs is 4. The molecule has 0 aliphatic heterocycles. The van der Waals surface area contributed by atoms with Gasteiger partial charge < -0.3 is 65.8 Å². The van der Waals surface area contributed by atoms with E-state index < -0.39 is 0 Å². The lowest BCUT2D eigenvalue weighted by molar-refractivity contribution is 0.101. The van der Waals surface area contributed by atoms with Crippen LogP contribution in [0.25, 0.3) is 45.4 Å². The number of anilines is 6. The third-order valence-electron chi connectivity index (χ3n) is 21.6. The Bertz CT molecular complexity index is 6160. The fourth-order valence-corrected chi connectivity index (χ4v) is 17.6. The number of halogens is 3. The van der Waals surface area contributed by atoms with Crippen LogP contribution in [0.5, 0.6) is 11.5 Å². The lowest BCUT2D eigenvalue weighted by Crippen LogP contribution is -2.35. The molecule has 718 valence electrons. The van der Waals surface area contributed by atoms with Gasteiger partial charge in [-0.2, -0.15) is 20.4 Å². The van der Waals surface area contributed by atoms with Gasteiger partial charge in [0.05, 0.1) is 118 Å². The predicted octanol–water partition coefficient (Wildman–Crippen LogP) is 19.2. The summed E-state index contributed by atoms with van der Waals surface area (Å²) in [5.74, 6) is 11.4. The maximum Gasteiger partial charge on any atom is 0.188 e. The number of imidazole rings is 4. The fraction of sp³-hybridized carbons (Fsp3) is 0.400. The second-order valence-corrected chi connectivity index (χ2v) is 34.6. The van der Waals surface area contributed by atoms with Crippen molar-refractivity contribution in [2.75, 3.05) is 59.4 Å². The molecule has 0 saturated heterocycles. The predicted molar refractivity (Wildman–Crippen MR) is 552 cm³/mol. The smallest absolute Gasteiger partial charge is 0.188 e. The number of hydrazine groups is 1. The number of nitrogens with two attached hydrogens (primary N) is 2. The minimum absolute atomic E-state index is 0. The van der Waals surface area contributed by atoms with Crippen LogP contribution in [0.2, 0.25) is 0 Å². The molecule has 39 heteroatoms. The third kappa shape index (κ3) is 27.6. The van der Waals surface area contributed by atoms with E-state index in [-0.39, 0.29) is 46.9 Å². The van der Waals surface area contributed by atoms with Crippen LogP contribution >= 0.6 is 79.0 Å². The Balaban J connectivity index is 0.000000201. The van der Waals surface area contributed by atoms with Crippen LogP contribution in [0.1, 0.15) is 198 Å². The Morgan fingerprint density at radius 3 is 1.20 bits per heavy atom. The molecular formula is C95H127Br2FN26O6S4. The third-order valence-corrected chi connectivity index (χ3v) is 24.5. The first-order valence-corrected chi connectivity index (χ1v) is 49.0. The van der Waals surface area contributed by atoms with Crippen molar-refractivity contribution in [3.05, 3.63) is 219 Å². The van der Waals surface area contributed by atoms with Gasteiger partial charge in [0.25, 0.3) is 0 Å². The zero-order chi connectivity index (χ0) is 94.5. The summed E-state index contributed by atoms with van der Waals surface area (Å²) in [6, 6.07) is 20.3. The van der Waals surface area contributed by atoms with Crippen LogP contribution in [-0.2, 0) is 77.5 Å². The largest absolute Gasteiger partial charge is 0.495 e. The van der Waals surface area contributed by atoms with Gasteiger partial charge in [0.15, 0.2) is 32.1 Å². The number of aliphatic hydroxyl groups is 2. The molecule has 0 saturated carbocycles. The van der Waals surface area contributed by atoms with Crippen molar-refractivity contribution in [3.63, 3.8) is 0 Å². The van der Waals surface area contributed by atoms with Crippen molar-refractivity contribution in [1.82, 2.24) is 97.7 Å². The monoisotopic (exact) mass is 2030 g/mol. The van der Waals surface area contributed by atoms with E-state index in [4.69, 9.17) is 75.9 Å². The first-order valence-electron chi connectivity index (χ1n) is 44.1. The van der Waals surface area contributed by atoms with E-state index in [0.717, 1.165) is 179 Å². The molecule has 0 fully saturated rings. The molecule has 0 bridgehead atoms. The summed E-state index contributed by atoms with van der Waals surface area (Å²) in [6.07, 6.45) is 34.3. The van der Waals surface area contributed by atoms with Gasteiger partial charge in [0, 0.05) is 127 Å². The number of benzene rings is 3. The molecule has 4 aliphatic rings. The highest BCUT2D eigenvalue weighted by molar-refractivity contribution is 9.09. The van der Waals surface area contributed by atoms with Crippen molar-refractivity contribution in [1.29, 1.82) is 0 Å². The number of ether oxygens (including phenoxy) is 2. The van der Waals surface area contributed by atoms with Gasteiger partial charge in [-0.15, -0.1) is 22.7 Å². The number of hydrogen-bond acceptors (Lipinski definition) is 24. The van der Waals surface area contributed by atoms with Crippen LogP contribution < -0.4 is 47.7 Å². The number of thiocarbonyl (C=S) groups is 2. The molecule has 11 N–H and O–H groups in total. The summed E-state index contributed by atoms with van der Waals surface area (Å²) in [5, 5.41) is 54.1. The van der Waals surface area contributed by atoms with Crippen LogP contribution in [0.15, 0.2) is 134 Å². The Hall–Kier alpha value is -11.6. The maximum atomic E-state index is 14.7. The Kier molecular flexibility index (Phi) is 41.5. The minimum atomic E-state index is -0.300. The number of ketones is 2. The summed E-state index contributed by atoms with van der Waals surface area (Å²) >= 11 is 19.3. The fourth-order valence-electron chi connectivity index (χ4n) is 15.3. The second kappa shape index (κ2) is 52.3. The summed E-state index contributed by atoms with van der Waals surface area (Å²) in [6.45, 7) is 23.3. The zero-order valence-corrected chi connectivity index (χ0v) is 83.1. The van der Waals surface area contributed by atoms with Crippen molar-refractivity contribution < 1.29 is 35.1 Å². The van der Waals surface area contributed by atoms with Gasteiger partial charge in [-0.25, -0.2) is 63.8 Å². The zero-order valence-electron chi connectivity index (χ0n) is 76.6. The highest BCUT2D eigenvalue weighted by Crippen LogP contribution is 2.38. The molecule has 0 unspecified atom stereocenters. The number of methoxy groups -OCH3 is 2. The van der Waals surface area contributed by atoms with E-state index in [0.29, 0.717) is 43.4 Å². The number of nitrogens with zero attached hydrogens (tertiary/aromatic N) is 19. The molecule has 11 heterocycles. The van der Waals surface area contributed by atoms with Crippen LogP contribution in [-0.4, -0.2) is 162 Å². The molecule has 134 heavy (non-hydrogen) atoms. The molecule has 4 aliphatic carbocycles. The summed E-state index contributed by atoms with van der Waals surface area (Å²) < 4.78 is 41.1. The summed E-state index contributed by atoms with van der Waals surface area (Å²) in [5.41, 5.74) is 28.8. The highest BCUT2D eigenvalue weighted by Gasteiger charge is 2.27. The lowest BCUT2D eigenvalue weighted by atomic mass is 9.97. The number of nitrogens with one attached hydrogen (secondary N) is 5. The van der Waals surface area contributed by atoms with Crippen molar-refractivity contribution in [2.24, 2.45) is 11.6 Å². The quantitative estimate of drug-likeness (QED) is 0.0100. The lowest BCUT2D eigenvalue weighted by Gasteiger charge is -2.13. The first-order chi connectivity index (χ1) is 63.9. The number of aryl methyl sites for hydroxylation is 12. The van der Waals surface area contributed by atoms with E-state index in [2.05, 4.69) is 137 Å². The Morgan fingerprint density at radius 2 is 0.836 bits per heavy atom. The average Bonchev–Trinajstić information content (AvgIpc) is 1.67. The number of rotatable bonds is 22. The number of carbonyl (C=O) groups excluding carboxylic acids is 2. The van der Waals surface area contributed by atoms with Crippen molar-refractivity contribution >= 4 is 134 Å². The van der Waals surface area contributed by atoms with E-state index >= 15 is 0 Å². The molecule has 0 atom stereocenters. The first kappa shape index (κ1) is 106. The standard InChI is InChI=1S/C23H26N6OS.C22H23FN6S.C13H13BrN2O2.C11H10BrN3O.C10H17N5S.C10H16N4S.2C2H6O.2CH4.H2/c1-4-29-22(17-7-5-6-8-18(17)27-29)26-23-25-19(13-31-23)16-9-10-20(21(11-16)30-3)28-12-15(2)24-14-28;1-3-29-21(16-6-4-5-7-18(16)27-29)26-22-25-19(12-30-22)15-8-9-20(17(23)10-15)28-11-14(2)24-13-28;1-9-7-16(8-15-9)11-4-3-10(12(17)6-14)5-13(11)18-2;1-8-6-15(7-14-8)11-3-2-9(5-13-11)10(16)4-12;1-2-15-9(12-10(16)13-11)7-5-3-4-6-8(7)14-15;1-2-14-9(12-10(11)15)7-5-3-4-6-8(7)13-14;2*1-2-3;;;/h9-14H,4-8H2,1-3H3,(H,25,26);8-13H,3-7H2,1-2H3,(H,25,26);3-5,7-8H,6H2,1-2H3;2-3,5-7H,4H2,1H3;2-6,11H2,1H3,(H2,12,13,16);2-6H2,1H3,(H3,11,12,15);2*3H,2H2,1H3;2*1H4;1H. The number of aromatic nitrogens is 19. The molecule has 14 aromatic rings. The number of thiazole rings is 2. The van der Waals surface area contributed by atoms with E-state index in [1.54, 1.807) is 112 Å². The second-order valence-electron chi connectivity index (χ2n) is 30.9. The van der Waals surface area contributed by atoms with E-state index in [9.17, 15) is 14.0 Å². The average molecular weight is 2040 g/mol. The summed E-state index contributed by atoms with van der Waals surface area (Å²) in [4.78, 5) is 53.5. The Morgan fingerprint density at radius 1 is 0.485 bits per heavy atom. The van der Waals surface area contributed by atoms with Gasteiger partial charge in [0.1, 0.15) is 52.7 Å². The van der Waals surface area contributed by atoms with Gasteiger partial charge >= 0.3 is 0 Å². The molecule has 0 amide bonds. The van der Waals surface area contributed by atoms with Crippen LogP contribution in [0.3, 0.4) is 0 Å². The number of carbonyl (C=O) groups is 2. The number of hydrogen-bond donors (Lipinski definition) is 9. The Labute approximate surface area is 820 Å². The van der Waals surface area contributed by atoms with Crippen LogP contribution in [0.4, 0.5) is 37.9 Å². The van der Waals surface area contributed by atoms with Crippen molar-refractivity contribution in [2.45, 2.75) is 213 Å². The number of Topliss-reactive ketones (excluding diaryl/α,β-unsaturated/α-hetero) is 2. The SMILES string of the molecule is C.C.CCO.CCO.CCn1nc2c(c1NC(=S)NN)CCCC2.CCn1nc2c(c1NC(N)=S)CCCC2.CCn1nc2c(c1Nc1nc(-c3ccc(-n4cnc(C)c4)c(F)c3)cs1)CCCC2.CCn1nc2c(c1Nc1nc(-c3ccc(-n4cnc(C)c4)c(OC)c3)cs1)CCCC2.COc1cc(C(=O)CBr)ccc1-n1cnc(C)c1.Cc1cn(-c2ccc(C(=O)CBr)cn2)cn1.[HH]. The highest BCUT2D eigenvalue weighted by atomic mass is 79.9. The topological polar surface area (TPSA) is 386 Å². The van der Waals surface area contributed by atoms with Crippen molar-refractivity contribution in [3.8, 4) is 56.9 Å². The van der Waals surface area contributed by atoms with E-state index in [1.165, 1.54) is 114 Å². The maximum absolute atomic E-state index is 14.7. The number of aliphatic hydroxyl groups excluding tert-OH is 2. The van der Waals surface area contributed by atoms with Gasteiger partial charge in [-0.3, -0.25) is 14.2 Å². The molecule has 3 aromatic carbocycles.